The number of para-hydroxylation sites is 2. The van der Waals surface area contributed by atoms with Crippen molar-refractivity contribution < 1.29 is 14.3 Å². The van der Waals surface area contributed by atoms with Gasteiger partial charge in [-0.05, 0) is 46.7 Å². The third-order valence-corrected chi connectivity index (χ3v) is 6.76. The summed E-state index contributed by atoms with van der Waals surface area (Å²) >= 11 is 0. The molecule has 0 saturated heterocycles. The van der Waals surface area contributed by atoms with Gasteiger partial charge < -0.3 is 14.8 Å². The Morgan fingerprint density at radius 2 is 1.43 bits per heavy atom. The first-order chi connectivity index (χ1) is 14.8. The number of hydrogen-bond acceptors (Lipinski definition) is 3. The summed E-state index contributed by atoms with van der Waals surface area (Å²) in [6.07, 6.45) is 0.448. The summed E-state index contributed by atoms with van der Waals surface area (Å²) in [6, 6.07) is 25.0. The van der Waals surface area contributed by atoms with Crippen molar-refractivity contribution >= 4 is 5.91 Å². The Balaban J connectivity index is 1.21. The molecule has 1 amide bonds. The molecule has 4 heteroatoms. The summed E-state index contributed by atoms with van der Waals surface area (Å²) in [5, 5.41) is 3.16. The van der Waals surface area contributed by atoms with Crippen molar-refractivity contribution in [1.82, 2.24) is 5.32 Å². The number of hydrogen-bond donors (Lipinski definition) is 1. The van der Waals surface area contributed by atoms with Gasteiger partial charge in [0.1, 0.15) is 6.61 Å². The zero-order valence-electron chi connectivity index (χ0n) is 16.6. The first-order valence-corrected chi connectivity index (χ1v) is 10.6. The van der Waals surface area contributed by atoms with E-state index in [1.165, 1.54) is 22.3 Å². The van der Waals surface area contributed by atoms with Gasteiger partial charge in [0, 0.05) is 18.4 Å². The average molecular weight is 397 g/mol. The van der Waals surface area contributed by atoms with Gasteiger partial charge in [0.25, 0.3) is 5.91 Å². The van der Waals surface area contributed by atoms with E-state index in [4.69, 9.17) is 9.47 Å². The molecule has 3 aliphatic carbocycles. The molecule has 30 heavy (non-hydrogen) atoms. The molecule has 1 aliphatic heterocycles. The Kier molecular flexibility index (Phi) is 4.05. The third-order valence-electron chi connectivity index (χ3n) is 6.76. The van der Waals surface area contributed by atoms with Gasteiger partial charge in [0.05, 0.1) is 0 Å². The van der Waals surface area contributed by atoms with Crippen molar-refractivity contribution in [1.29, 1.82) is 0 Å². The highest BCUT2D eigenvalue weighted by molar-refractivity contribution is 5.81. The maximum atomic E-state index is 12.8. The van der Waals surface area contributed by atoms with Crippen LogP contribution in [0.4, 0.5) is 0 Å². The second kappa shape index (κ2) is 6.91. The summed E-state index contributed by atoms with van der Waals surface area (Å²) < 4.78 is 11.6. The quantitative estimate of drug-likeness (QED) is 0.719. The van der Waals surface area contributed by atoms with Gasteiger partial charge in [0.2, 0.25) is 6.10 Å². The lowest BCUT2D eigenvalue weighted by molar-refractivity contribution is -0.130. The molecule has 1 heterocycles. The summed E-state index contributed by atoms with van der Waals surface area (Å²) in [7, 11) is 0. The van der Waals surface area contributed by atoms with Crippen LogP contribution in [-0.4, -0.2) is 25.2 Å². The molecule has 1 N–H and O–H groups in total. The lowest BCUT2D eigenvalue weighted by Crippen LogP contribution is -2.47. The molecule has 0 radical (unpaired) electrons. The van der Waals surface area contributed by atoms with Crippen LogP contribution in [0.3, 0.4) is 0 Å². The van der Waals surface area contributed by atoms with E-state index in [9.17, 15) is 4.79 Å². The van der Waals surface area contributed by atoms with E-state index in [1.807, 2.05) is 24.3 Å². The van der Waals surface area contributed by atoms with Crippen LogP contribution in [0.25, 0.3) is 0 Å². The number of amides is 1. The molecule has 0 fully saturated rings. The molecule has 4 nitrogen and oxygen atoms in total. The highest BCUT2D eigenvalue weighted by Crippen LogP contribution is 2.55. The molecule has 0 spiro atoms. The maximum Gasteiger partial charge on any atom is 0.264 e. The summed E-state index contributed by atoms with van der Waals surface area (Å²) in [4.78, 5) is 12.8. The Morgan fingerprint density at radius 1 is 0.833 bits per heavy atom. The van der Waals surface area contributed by atoms with Crippen molar-refractivity contribution in [2.24, 2.45) is 5.92 Å². The average Bonchev–Trinajstić information content (AvgIpc) is 2.82. The molecule has 2 bridgehead atoms. The molecule has 0 saturated carbocycles. The lowest BCUT2D eigenvalue weighted by Gasteiger charge is -2.45. The smallest absolute Gasteiger partial charge is 0.264 e. The van der Waals surface area contributed by atoms with E-state index < -0.39 is 6.10 Å². The van der Waals surface area contributed by atoms with E-state index in [-0.39, 0.29) is 12.5 Å². The van der Waals surface area contributed by atoms with E-state index in [1.54, 1.807) is 0 Å². The van der Waals surface area contributed by atoms with E-state index in [2.05, 4.69) is 53.8 Å². The molecule has 3 aromatic carbocycles. The monoisotopic (exact) mass is 397 g/mol. The Morgan fingerprint density at radius 3 is 2.13 bits per heavy atom. The van der Waals surface area contributed by atoms with E-state index in [0.29, 0.717) is 35.8 Å². The number of benzene rings is 3. The number of rotatable bonds is 3. The zero-order valence-corrected chi connectivity index (χ0v) is 16.6. The minimum atomic E-state index is -0.611. The van der Waals surface area contributed by atoms with Crippen molar-refractivity contribution in [3.05, 3.63) is 95.1 Å². The molecule has 0 aromatic heterocycles. The van der Waals surface area contributed by atoms with Crippen LogP contribution in [0.5, 0.6) is 11.5 Å². The largest absolute Gasteiger partial charge is 0.485 e. The first kappa shape index (κ1) is 17.6. The second-order valence-corrected chi connectivity index (χ2v) is 8.39. The van der Waals surface area contributed by atoms with Gasteiger partial charge in [-0.3, -0.25) is 4.79 Å². The molecular weight excluding hydrogens is 374 g/mol. The summed E-state index contributed by atoms with van der Waals surface area (Å²) in [5.41, 5.74) is 5.73. The topological polar surface area (TPSA) is 47.6 Å². The van der Waals surface area contributed by atoms with Crippen LogP contribution < -0.4 is 14.8 Å². The fourth-order valence-electron chi connectivity index (χ4n) is 5.45. The fourth-order valence-corrected chi connectivity index (χ4v) is 5.45. The zero-order chi connectivity index (χ0) is 20.1. The molecule has 2 atom stereocenters. The molecule has 150 valence electrons. The van der Waals surface area contributed by atoms with Crippen LogP contribution in [0, 0.1) is 5.92 Å². The van der Waals surface area contributed by atoms with Gasteiger partial charge in [-0.2, -0.15) is 0 Å². The standard InChI is InChI=1S/C26H23NO3/c28-26(24-15-29-22-11-5-6-12-23(22)30-24)27-14-16-13-21-17-7-1-3-9-19(17)25(16)20-10-4-2-8-18(20)21/h1-12,16,21,24-25H,13-15H2,(H,27,28)/t16-,21?,24-,25?/m1/s1. The SMILES string of the molecule is O=C(NC[C@H]1CC2c3ccccc3C1c1ccccc12)[C@H]1COc2ccccc2O1. The number of carbonyl (C=O) groups is 1. The molecule has 0 unspecified atom stereocenters. The predicted molar refractivity (Wildman–Crippen MR) is 114 cm³/mol. The minimum Gasteiger partial charge on any atom is -0.485 e. The number of fused-ring (bicyclic) bond motifs is 2. The normalized spacial score (nSPS) is 25.2. The van der Waals surface area contributed by atoms with Crippen LogP contribution >= 0.6 is 0 Å². The van der Waals surface area contributed by atoms with Crippen molar-refractivity contribution in [2.45, 2.75) is 24.4 Å². The van der Waals surface area contributed by atoms with E-state index >= 15 is 0 Å². The Labute approximate surface area is 175 Å². The third kappa shape index (κ3) is 2.71. The summed E-state index contributed by atoms with van der Waals surface area (Å²) in [5.74, 6) is 2.33. The fraction of sp³-hybridized carbons (Fsp3) is 0.269. The molecule has 4 aliphatic rings. The minimum absolute atomic E-state index is 0.104. The number of carbonyl (C=O) groups excluding carboxylic acids is 1. The van der Waals surface area contributed by atoms with Gasteiger partial charge >= 0.3 is 0 Å². The molecule has 3 aromatic rings. The van der Waals surface area contributed by atoms with Gasteiger partial charge in [-0.25, -0.2) is 0 Å². The predicted octanol–water partition coefficient (Wildman–Crippen LogP) is 4.24. The first-order valence-electron chi connectivity index (χ1n) is 10.6. The Hall–Kier alpha value is -3.27. The van der Waals surface area contributed by atoms with Crippen molar-refractivity contribution in [2.75, 3.05) is 13.2 Å². The second-order valence-electron chi connectivity index (χ2n) is 8.39. The van der Waals surface area contributed by atoms with Crippen molar-refractivity contribution in [3.63, 3.8) is 0 Å². The molecular formula is C26H23NO3. The van der Waals surface area contributed by atoms with Gasteiger partial charge in [-0.15, -0.1) is 0 Å². The number of ether oxygens (including phenoxy) is 2. The number of nitrogens with one attached hydrogen (secondary N) is 1. The van der Waals surface area contributed by atoms with Crippen LogP contribution in [0.15, 0.2) is 72.8 Å². The van der Waals surface area contributed by atoms with Crippen LogP contribution in [0.1, 0.15) is 40.5 Å². The van der Waals surface area contributed by atoms with Crippen LogP contribution in [-0.2, 0) is 4.79 Å². The van der Waals surface area contributed by atoms with E-state index in [0.717, 1.165) is 6.42 Å². The highest BCUT2D eigenvalue weighted by atomic mass is 16.6. The highest BCUT2D eigenvalue weighted by Gasteiger charge is 2.43. The van der Waals surface area contributed by atoms with Gasteiger partial charge in [-0.1, -0.05) is 60.7 Å². The molecule has 7 rings (SSSR count). The lowest BCUT2D eigenvalue weighted by atomic mass is 9.59. The Bertz CT molecular complexity index is 1080. The van der Waals surface area contributed by atoms with Gasteiger partial charge in [0.15, 0.2) is 11.5 Å². The van der Waals surface area contributed by atoms with Crippen molar-refractivity contribution in [3.8, 4) is 11.5 Å². The summed E-state index contributed by atoms with van der Waals surface area (Å²) in [6.45, 7) is 0.884. The maximum absolute atomic E-state index is 12.8. The van der Waals surface area contributed by atoms with Crippen LogP contribution in [0.2, 0.25) is 0 Å².